The summed E-state index contributed by atoms with van der Waals surface area (Å²) in [5, 5.41) is 0.134. The molecule has 1 aliphatic rings. The molecule has 0 unspecified atom stereocenters. The topological polar surface area (TPSA) is 64.8 Å². The molecule has 0 saturated carbocycles. The monoisotopic (exact) mass is 344 g/mol. The van der Waals surface area contributed by atoms with Crippen molar-refractivity contribution in [2.24, 2.45) is 5.73 Å². The summed E-state index contributed by atoms with van der Waals surface area (Å²) in [5.41, 5.74) is 5.69. The molecule has 1 saturated heterocycles. The first-order valence-electron chi connectivity index (χ1n) is 8.59. The summed E-state index contributed by atoms with van der Waals surface area (Å²) in [7, 11) is -1.90. The molecule has 0 aliphatic carbocycles. The lowest BCUT2D eigenvalue weighted by Crippen LogP contribution is -2.54. The van der Waals surface area contributed by atoms with E-state index in [1.54, 1.807) is 4.90 Å². The van der Waals surface area contributed by atoms with Gasteiger partial charge >= 0.3 is 6.09 Å². The lowest BCUT2D eigenvalue weighted by atomic mass is 10.1. The van der Waals surface area contributed by atoms with Gasteiger partial charge in [0.15, 0.2) is 8.32 Å². The molecule has 136 valence electrons. The molecule has 0 bridgehead atoms. The summed E-state index contributed by atoms with van der Waals surface area (Å²) in [6.07, 6.45) is 0.516. The molecule has 23 heavy (non-hydrogen) atoms. The highest BCUT2D eigenvalue weighted by Gasteiger charge is 2.47. The minimum Gasteiger partial charge on any atom is -0.444 e. The van der Waals surface area contributed by atoms with Gasteiger partial charge in [0.05, 0.1) is 12.1 Å². The number of nitrogens with two attached hydrogens (primary N) is 1. The van der Waals surface area contributed by atoms with Gasteiger partial charge in [-0.3, -0.25) is 0 Å². The summed E-state index contributed by atoms with van der Waals surface area (Å²) in [6, 6.07) is -0.279. The third-order valence-corrected chi connectivity index (χ3v) is 9.32. The zero-order valence-electron chi connectivity index (χ0n) is 16.4. The number of amides is 1. The maximum Gasteiger partial charge on any atom is 0.410 e. The third kappa shape index (κ3) is 5.19. The van der Waals surface area contributed by atoms with Crippen molar-refractivity contribution < 1.29 is 14.0 Å². The lowest BCUT2D eigenvalue weighted by Gasteiger charge is -2.41. The number of likely N-dealkylation sites (tertiary alicyclic amines) is 1. The second kappa shape index (κ2) is 6.73. The first-order chi connectivity index (χ1) is 10.2. The van der Waals surface area contributed by atoms with E-state index in [4.69, 9.17) is 14.9 Å². The number of ether oxygens (including phenoxy) is 1. The SMILES string of the molecule is C[C@@H](N)[C@@H]1[C@@H](O[Si](C)(C)C(C)(C)C)CCN1C(=O)OC(C)(C)C. The highest BCUT2D eigenvalue weighted by Crippen LogP contribution is 2.39. The smallest absolute Gasteiger partial charge is 0.410 e. The van der Waals surface area contributed by atoms with Crippen LogP contribution in [0.5, 0.6) is 0 Å². The normalized spacial score (nSPS) is 24.7. The van der Waals surface area contributed by atoms with E-state index in [9.17, 15) is 4.79 Å². The van der Waals surface area contributed by atoms with Crippen LogP contribution in [0.3, 0.4) is 0 Å². The Labute approximate surface area is 143 Å². The van der Waals surface area contributed by atoms with Crippen molar-refractivity contribution in [3.05, 3.63) is 0 Å². The van der Waals surface area contributed by atoms with Crippen LogP contribution >= 0.6 is 0 Å². The van der Waals surface area contributed by atoms with Crippen LogP contribution in [0.15, 0.2) is 0 Å². The average molecular weight is 345 g/mol. The Morgan fingerprint density at radius 1 is 1.22 bits per heavy atom. The summed E-state index contributed by atoms with van der Waals surface area (Å²) in [6.45, 7) is 19.4. The van der Waals surface area contributed by atoms with Gasteiger partial charge in [-0.1, -0.05) is 20.8 Å². The number of hydrogen-bond donors (Lipinski definition) is 1. The van der Waals surface area contributed by atoms with Gasteiger partial charge in [0.2, 0.25) is 0 Å². The van der Waals surface area contributed by atoms with Crippen LogP contribution in [0.25, 0.3) is 0 Å². The molecule has 0 spiro atoms. The van der Waals surface area contributed by atoms with E-state index in [-0.39, 0.29) is 29.3 Å². The molecular formula is C17H36N2O3Si. The van der Waals surface area contributed by atoms with Crippen LogP contribution in [0.2, 0.25) is 18.1 Å². The molecule has 1 heterocycles. The fraction of sp³-hybridized carbons (Fsp3) is 0.941. The molecule has 0 aromatic carbocycles. The zero-order chi connectivity index (χ0) is 18.2. The quantitative estimate of drug-likeness (QED) is 0.792. The fourth-order valence-corrected chi connectivity index (χ4v) is 3.99. The molecule has 5 nitrogen and oxygen atoms in total. The Hall–Kier alpha value is -0.593. The third-order valence-electron chi connectivity index (χ3n) is 4.81. The minimum absolute atomic E-state index is 0.0107. The number of hydrogen-bond acceptors (Lipinski definition) is 4. The molecular weight excluding hydrogens is 308 g/mol. The van der Waals surface area contributed by atoms with Gasteiger partial charge < -0.3 is 19.8 Å². The molecule has 3 atom stereocenters. The largest absolute Gasteiger partial charge is 0.444 e. The van der Waals surface area contributed by atoms with Crippen molar-refractivity contribution in [2.75, 3.05) is 6.54 Å². The predicted octanol–water partition coefficient (Wildman–Crippen LogP) is 3.73. The van der Waals surface area contributed by atoms with E-state index in [0.717, 1.165) is 6.42 Å². The van der Waals surface area contributed by atoms with Crippen LogP contribution in [-0.2, 0) is 9.16 Å². The number of nitrogens with zero attached hydrogens (tertiary/aromatic N) is 1. The number of rotatable bonds is 3. The molecule has 1 amide bonds. The van der Waals surface area contributed by atoms with Crippen LogP contribution < -0.4 is 5.73 Å². The second-order valence-electron chi connectivity index (χ2n) is 9.23. The molecule has 0 aromatic heterocycles. The van der Waals surface area contributed by atoms with Gasteiger partial charge in [-0.15, -0.1) is 0 Å². The van der Waals surface area contributed by atoms with Crippen molar-refractivity contribution in [3.63, 3.8) is 0 Å². The van der Waals surface area contributed by atoms with Crippen molar-refractivity contribution in [2.45, 2.75) is 96.8 Å². The lowest BCUT2D eigenvalue weighted by molar-refractivity contribution is 0.0138. The molecule has 0 aromatic rings. The van der Waals surface area contributed by atoms with E-state index >= 15 is 0 Å². The minimum atomic E-state index is -1.90. The highest BCUT2D eigenvalue weighted by atomic mass is 28.4. The van der Waals surface area contributed by atoms with Crippen molar-refractivity contribution in [3.8, 4) is 0 Å². The highest BCUT2D eigenvalue weighted by molar-refractivity contribution is 6.74. The Morgan fingerprint density at radius 2 is 1.74 bits per heavy atom. The van der Waals surface area contributed by atoms with Crippen LogP contribution in [0.4, 0.5) is 4.79 Å². The standard InChI is InChI=1S/C17H36N2O3Si/c1-12(18)14-13(22-23(8,9)17(5,6)7)10-11-19(14)15(20)21-16(2,3)4/h12-14H,10-11,18H2,1-9H3/t12-,13+,14-/m1/s1. The first kappa shape index (κ1) is 20.5. The van der Waals surface area contributed by atoms with Gasteiger partial charge in [0.1, 0.15) is 5.60 Å². The van der Waals surface area contributed by atoms with Crippen molar-refractivity contribution in [1.82, 2.24) is 4.90 Å². The zero-order valence-corrected chi connectivity index (χ0v) is 17.4. The number of carbonyl (C=O) groups is 1. The Balaban J connectivity index is 2.91. The van der Waals surface area contributed by atoms with Gasteiger partial charge in [-0.05, 0) is 52.2 Å². The summed E-state index contributed by atoms with van der Waals surface area (Å²) < 4.78 is 12.1. The molecule has 0 radical (unpaired) electrons. The molecule has 2 N–H and O–H groups in total. The van der Waals surface area contributed by atoms with Gasteiger partial charge in [0, 0.05) is 12.6 Å². The van der Waals surface area contributed by atoms with E-state index in [1.807, 2.05) is 27.7 Å². The van der Waals surface area contributed by atoms with E-state index in [0.29, 0.717) is 6.54 Å². The van der Waals surface area contributed by atoms with Crippen LogP contribution in [0.1, 0.15) is 54.9 Å². The maximum absolute atomic E-state index is 12.5. The van der Waals surface area contributed by atoms with Crippen LogP contribution in [-0.4, -0.2) is 49.6 Å². The van der Waals surface area contributed by atoms with Crippen molar-refractivity contribution >= 4 is 14.4 Å². The van der Waals surface area contributed by atoms with Crippen LogP contribution in [0, 0.1) is 0 Å². The summed E-state index contributed by atoms with van der Waals surface area (Å²) in [4.78, 5) is 14.2. The Morgan fingerprint density at radius 3 is 2.13 bits per heavy atom. The summed E-state index contributed by atoms with van der Waals surface area (Å²) >= 11 is 0. The van der Waals surface area contributed by atoms with E-state index in [1.165, 1.54) is 0 Å². The number of carbonyl (C=O) groups excluding carboxylic acids is 1. The Bertz CT molecular complexity index is 425. The molecule has 1 rings (SSSR count). The molecule has 1 fully saturated rings. The summed E-state index contributed by atoms with van der Waals surface area (Å²) in [5.74, 6) is 0. The average Bonchev–Trinajstić information content (AvgIpc) is 2.67. The second-order valence-corrected chi connectivity index (χ2v) is 14.0. The van der Waals surface area contributed by atoms with Crippen molar-refractivity contribution in [1.29, 1.82) is 0 Å². The van der Waals surface area contributed by atoms with E-state index < -0.39 is 13.9 Å². The maximum atomic E-state index is 12.5. The molecule has 1 aliphatic heterocycles. The Kier molecular flexibility index (Phi) is 5.98. The van der Waals surface area contributed by atoms with Gasteiger partial charge in [-0.2, -0.15) is 0 Å². The van der Waals surface area contributed by atoms with Gasteiger partial charge in [0.25, 0.3) is 0 Å². The van der Waals surface area contributed by atoms with Gasteiger partial charge in [-0.25, -0.2) is 4.79 Å². The fourth-order valence-electron chi connectivity index (χ4n) is 2.63. The first-order valence-corrected chi connectivity index (χ1v) is 11.5. The van der Waals surface area contributed by atoms with E-state index in [2.05, 4.69) is 33.9 Å². The molecule has 6 heteroatoms. The predicted molar refractivity (Wildman–Crippen MR) is 97.1 cm³/mol.